The Bertz CT molecular complexity index is 932. The van der Waals surface area contributed by atoms with E-state index in [1.165, 1.54) is 0 Å². The number of pyridine rings is 1. The zero-order valence-corrected chi connectivity index (χ0v) is 14.0. The average Bonchev–Trinajstić information content (AvgIpc) is 2.60. The molecular weight excluding hydrogens is 296 g/mol. The average molecular weight is 316 g/mol. The third kappa shape index (κ3) is 2.56. The Kier molecular flexibility index (Phi) is 3.57. The topological polar surface area (TPSA) is 34.5 Å². The zero-order chi connectivity index (χ0) is 16.6. The van der Waals surface area contributed by atoms with E-state index in [-0.39, 0.29) is 0 Å². The summed E-state index contributed by atoms with van der Waals surface area (Å²) in [5.41, 5.74) is 3.50. The predicted octanol–water partition coefficient (Wildman–Crippen LogP) is 4.98. The van der Waals surface area contributed by atoms with Crippen LogP contribution in [0.5, 0.6) is 5.75 Å². The lowest BCUT2D eigenvalue weighted by Gasteiger charge is -2.33. The van der Waals surface area contributed by atoms with E-state index in [0.717, 1.165) is 46.3 Å². The summed E-state index contributed by atoms with van der Waals surface area (Å²) in [4.78, 5) is 9.58. The second-order valence-corrected chi connectivity index (χ2v) is 6.40. The predicted molar refractivity (Wildman–Crippen MR) is 97.8 cm³/mol. The van der Waals surface area contributed by atoms with Crippen LogP contribution in [-0.4, -0.2) is 16.4 Å². The van der Waals surface area contributed by atoms with Gasteiger partial charge in [0, 0.05) is 29.1 Å². The van der Waals surface area contributed by atoms with Crippen LogP contribution in [0.4, 0.5) is 0 Å². The number of para-hydroxylation sites is 2. The molecule has 24 heavy (non-hydrogen) atoms. The number of rotatable bonds is 3. The molecule has 0 aliphatic carbocycles. The van der Waals surface area contributed by atoms with Crippen LogP contribution in [0.15, 0.2) is 65.8 Å². The van der Waals surface area contributed by atoms with Crippen LogP contribution >= 0.6 is 0 Å². The van der Waals surface area contributed by atoms with E-state index in [9.17, 15) is 0 Å². The number of fused-ring (bicyclic) bond motifs is 2. The summed E-state index contributed by atoms with van der Waals surface area (Å²) in [5, 5.41) is 1.12. The number of aliphatic imine (C=N–C) groups is 1. The van der Waals surface area contributed by atoms with Gasteiger partial charge in [-0.1, -0.05) is 43.7 Å². The van der Waals surface area contributed by atoms with Gasteiger partial charge in [-0.3, -0.25) is 4.98 Å². The second-order valence-electron chi connectivity index (χ2n) is 6.40. The summed E-state index contributed by atoms with van der Waals surface area (Å²) >= 11 is 0. The first-order valence-electron chi connectivity index (χ1n) is 8.42. The van der Waals surface area contributed by atoms with Gasteiger partial charge in [0.05, 0.1) is 11.2 Å². The van der Waals surface area contributed by atoms with Gasteiger partial charge in [-0.25, -0.2) is 4.99 Å². The summed E-state index contributed by atoms with van der Waals surface area (Å²) in [7, 11) is 0. The molecule has 3 heteroatoms. The van der Waals surface area contributed by atoms with Crippen molar-refractivity contribution < 1.29 is 4.74 Å². The highest BCUT2D eigenvalue weighted by Crippen LogP contribution is 2.35. The molecule has 1 atom stereocenters. The Labute approximate surface area is 142 Å². The molecule has 1 aliphatic rings. The van der Waals surface area contributed by atoms with E-state index in [2.05, 4.69) is 37.0 Å². The first-order chi connectivity index (χ1) is 11.7. The van der Waals surface area contributed by atoms with Crippen molar-refractivity contribution in [2.24, 2.45) is 4.99 Å². The van der Waals surface area contributed by atoms with Gasteiger partial charge >= 0.3 is 0 Å². The molecule has 2 heterocycles. The molecule has 1 unspecified atom stereocenters. The Morgan fingerprint density at radius 1 is 1.04 bits per heavy atom. The number of nitrogens with zero attached hydrogens (tertiary/aromatic N) is 2. The Hall–Kier alpha value is -2.68. The molecule has 0 radical (unpaired) electrons. The van der Waals surface area contributed by atoms with E-state index >= 15 is 0 Å². The minimum absolute atomic E-state index is 0.524. The molecule has 0 fully saturated rings. The van der Waals surface area contributed by atoms with Crippen molar-refractivity contribution >= 4 is 16.6 Å². The number of aromatic nitrogens is 1. The third-order valence-electron chi connectivity index (χ3n) is 4.40. The number of ether oxygens (including phenoxy) is 1. The van der Waals surface area contributed by atoms with Crippen molar-refractivity contribution in [1.82, 2.24) is 4.98 Å². The maximum absolute atomic E-state index is 6.19. The summed E-state index contributed by atoms with van der Waals surface area (Å²) in [5.74, 6) is 0.895. The van der Waals surface area contributed by atoms with E-state index in [4.69, 9.17) is 9.73 Å². The second kappa shape index (κ2) is 5.75. The van der Waals surface area contributed by atoms with Crippen LogP contribution in [0.25, 0.3) is 10.9 Å². The minimum atomic E-state index is -0.524. The molecule has 120 valence electrons. The van der Waals surface area contributed by atoms with Crippen molar-refractivity contribution in [3.63, 3.8) is 0 Å². The summed E-state index contributed by atoms with van der Waals surface area (Å²) in [6.45, 7) is 4.21. The van der Waals surface area contributed by atoms with Crippen LogP contribution in [0.1, 0.15) is 37.8 Å². The molecule has 4 rings (SSSR count). The summed E-state index contributed by atoms with van der Waals surface area (Å²) in [6.07, 6.45) is 3.81. The van der Waals surface area contributed by atoms with Gasteiger partial charge in [-0.2, -0.15) is 0 Å². The molecule has 0 bridgehead atoms. The molecule has 0 spiro atoms. The number of benzene rings is 2. The number of hydrogen-bond acceptors (Lipinski definition) is 3. The maximum Gasteiger partial charge on any atom is 0.198 e. The van der Waals surface area contributed by atoms with E-state index in [0.29, 0.717) is 0 Å². The quantitative estimate of drug-likeness (QED) is 0.683. The van der Waals surface area contributed by atoms with Gasteiger partial charge in [-0.15, -0.1) is 0 Å². The van der Waals surface area contributed by atoms with Gasteiger partial charge in [-0.05, 0) is 31.2 Å². The van der Waals surface area contributed by atoms with Gasteiger partial charge < -0.3 is 4.74 Å². The standard InChI is InChI=1S/C21H20N2O/c1-3-12-21(2)23-20(17-9-5-7-11-19(17)24-21)16-13-15-8-4-6-10-18(15)22-14-16/h4-11,13-14H,3,12H2,1-2H3. The van der Waals surface area contributed by atoms with Crippen molar-refractivity contribution in [2.75, 3.05) is 0 Å². The fourth-order valence-electron chi connectivity index (χ4n) is 3.30. The molecule has 2 aromatic carbocycles. The Morgan fingerprint density at radius 3 is 2.71 bits per heavy atom. The summed E-state index contributed by atoms with van der Waals surface area (Å²) in [6, 6.07) is 18.4. The molecule has 0 saturated heterocycles. The molecule has 0 amide bonds. The van der Waals surface area contributed by atoms with Crippen LogP contribution in [-0.2, 0) is 0 Å². The van der Waals surface area contributed by atoms with Gasteiger partial charge in [0.2, 0.25) is 0 Å². The summed E-state index contributed by atoms with van der Waals surface area (Å²) < 4.78 is 6.19. The monoisotopic (exact) mass is 316 g/mol. The van der Waals surface area contributed by atoms with Gasteiger partial charge in [0.15, 0.2) is 5.72 Å². The zero-order valence-electron chi connectivity index (χ0n) is 14.0. The van der Waals surface area contributed by atoms with Gasteiger partial charge in [0.1, 0.15) is 5.75 Å². The highest BCUT2D eigenvalue weighted by Gasteiger charge is 2.32. The fourth-order valence-corrected chi connectivity index (χ4v) is 3.30. The molecule has 1 aromatic heterocycles. The van der Waals surface area contributed by atoms with E-state index in [1.807, 2.05) is 42.6 Å². The number of hydrogen-bond donors (Lipinski definition) is 0. The molecule has 3 aromatic rings. The third-order valence-corrected chi connectivity index (χ3v) is 4.40. The first kappa shape index (κ1) is 14.9. The lowest BCUT2D eigenvalue weighted by atomic mass is 9.98. The van der Waals surface area contributed by atoms with E-state index < -0.39 is 5.72 Å². The van der Waals surface area contributed by atoms with Crippen LogP contribution in [0.2, 0.25) is 0 Å². The molecule has 1 aliphatic heterocycles. The fraction of sp³-hybridized carbons (Fsp3) is 0.238. The van der Waals surface area contributed by atoms with Crippen molar-refractivity contribution in [3.8, 4) is 5.75 Å². The largest absolute Gasteiger partial charge is 0.466 e. The lowest BCUT2D eigenvalue weighted by Crippen LogP contribution is -2.35. The van der Waals surface area contributed by atoms with Crippen molar-refractivity contribution in [2.45, 2.75) is 32.4 Å². The van der Waals surface area contributed by atoms with Crippen molar-refractivity contribution in [1.29, 1.82) is 0 Å². The first-order valence-corrected chi connectivity index (χ1v) is 8.42. The van der Waals surface area contributed by atoms with Gasteiger partial charge in [0.25, 0.3) is 0 Å². The minimum Gasteiger partial charge on any atom is -0.466 e. The highest BCUT2D eigenvalue weighted by atomic mass is 16.5. The van der Waals surface area contributed by atoms with Crippen molar-refractivity contribution in [3.05, 3.63) is 71.9 Å². The normalized spacial score (nSPS) is 19.5. The Balaban J connectivity index is 1.90. The van der Waals surface area contributed by atoms with Crippen LogP contribution < -0.4 is 4.74 Å². The highest BCUT2D eigenvalue weighted by molar-refractivity contribution is 6.16. The Morgan fingerprint density at radius 2 is 1.83 bits per heavy atom. The lowest BCUT2D eigenvalue weighted by molar-refractivity contribution is 0.0839. The molecule has 3 nitrogen and oxygen atoms in total. The SMILES string of the molecule is CCCC1(C)N=C(c2cnc3ccccc3c2)c2ccccc2O1. The van der Waals surface area contributed by atoms with Crippen LogP contribution in [0.3, 0.4) is 0 Å². The van der Waals surface area contributed by atoms with Crippen LogP contribution in [0, 0.1) is 0 Å². The molecule has 0 N–H and O–H groups in total. The van der Waals surface area contributed by atoms with E-state index in [1.54, 1.807) is 0 Å². The molecular formula is C21H20N2O. The molecule has 0 saturated carbocycles. The smallest absolute Gasteiger partial charge is 0.198 e. The maximum atomic E-state index is 6.19.